The summed E-state index contributed by atoms with van der Waals surface area (Å²) in [7, 11) is 0. The second-order valence-electron chi connectivity index (χ2n) is 6.09. The number of H-pyrrole nitrogens is 1. The van der Waals surface area contributed by atoms with E-state index in [4.69, 9.17) is 0 Å². The Labute approximate surface area is 126 Å². The quantitative estimate of drug-likeness (QED) is 0.723. The van der Waals surface area contributed by atoms with E-state index in [1.54, 1.807) is 0 Å². The molecule has 4 rings (SSSR count). The molecule has 22 heavy (non-hydrogen) atoms. The molecule has 3 aromatic rings. The summed E-state index contributed by atoms with van der Waals surface area (Å²) in [5, 5.41) is 3.69. The number of fused-ring (bicyclic) bond motifs is 2. The Kier molecular flexibility index (Phi) is 2.46. The highest BCUT2D eigenvalue weighted by Gasteiger charge is 2.35. The van der Waals surface area contributed by atoms with Gasteiger partial charge in [-0.3, -0.25) is 4.79 Å². The molecule has 0 radical (unpaired) electrons. The van der Waals surface area contributed by atoms with Crippen molar-refractivity contribution in [1.29, 1.82) is 0 Å². The van der Waals surface area contributed by atoms with Gasteiger partial charge in [-0.1, -0.05) is 6.07 Å². The number of amides is 1. The molecular formula is C17H14FN3O. The second kappa shape index (κ2) is 4.16. The van der Waals surface area contributed by atoms with E-state index < -0.39 is 5.54 Å². The molecule has 0 unspecified atom stereocenters. The average molecular weight is 295 g/mol. The summed E-state index contributed by atoms with van der Waals surface area (Å²) in [5.74, 6) is -0.426. The van der Waals surface area contributed by atoms with E-state index in [1.807, 2.05) is 38.2 Å². The molecule has 0 bridgehead atoms. The summed E-state index contributed by atoms with van der Waals surface area (Å²) >= 11 is 0. The molecule has 3 heterocycles. The van der Waals surface area contributed by atoms with Crippen LogP contribution < -0.4 is 5.32 Å². The highest BCUT2D eigenvalue weighted by molar-refractivity contribution is 6.01. The highest BCUT2D eigenvalue weighted by Crippen LogP contribution is 2.35. The van der Waals surface area contributed by atoms with Crippen molar-refractivity contribution in [1.82, 2.24) is 15.3 Å². The zero-order valence-electron chi connectivity index (χ0n) is 12.2. The number of carbonyl (C=O) groups excluding carboxylic acids is 1. The lowest BCUT2D eigenvalue weighted by Crippen LogP contribution is -2.32. The first kappa shape index (κ1) is 13.0. The Morgan fingerprint density at radius 2 is 2.00 bits per heavy atom. The van der Waals surface area contributed by atoms with Crippen LogP contribution in [0.25, 0.3) is 22.2 Å². The van der Waals surface area contributed by atoms with Crippen molar-refractivity contribution < 1.29 is 9.18 Å². The minimum Gasteiger partial charge on any atom is -0.346 e. The van der Waals surface area contributed by atoms with Crippen molar-refractivity contribution in [2.45, 2.75) is 19.4 Å². The summed E-state index contributed by atoms with van der Waals surface area (Å²) in [5.41, 5.74) is 3.69. The normalized spacial score (nSPS) is 15.9. The SMILES string of the molecule is CC1(C)NC(=O)c2ccc(-c3c[nH]c4ncc(F)cc34)cc21. The smallest absolute Gasteiger partial charge is 0.252 e. The largest absolute Gasteiger partial charge is 0.346 e. The van der Waals surface area contributed by atoms with E-state index >= 15 is 0 Å². The first-order valence-corrected chi connectivity index (χ1v) is 7.06. The van der Waals surface area contributed by atoms with Gasteiger partial charge in [0.05, 0.1) is 11.7 Å². The van der Waals surface area contributed by atoms with Gasteiger partial charge in [0.2, 0.25) is 0 Å². The average Bonchev–Trinajstić information content (AvgIpc) is 2.98. The van der Waals surface area contributed by atoms with Crippen LogP contribution in [0, 0.1) is 5.82 Å². The number of hydrogen-bond acceptors (Lipinski definition) is 2. The third-order valence-electron chi connectivity index (χ3n) is 4.17. The summed E-state index contributed by atoms with van der Waals surface area (Å²) in [6, 6.07) is 7.16. The molecule has 0 fully saturated rings. The van der Waals surface area contributed by atoms with Crippen LogP contribution in [-0.2, 0) is 5.54 Å². The van der Waals surface area contributed by atoms with Gasteiger partial charge in [0.25, 0.3) is 5.91 Å². The number of hydrogen-bond donors (Lipinski definition) is 2. The first-order chi connectivity index (χ1) is 10.5. The monoisotopic (exact) mass is 295 g/mol. The van der Waals surface area contributed by atoms with Gasteiger partial charge in [-0.15, -0.1) is 0 Å². The third kappa shape index (κ3) is 1.75. The van der Waals surface area contributed by atoms with E-state index in [9.17, 15) is 9.18 Å². The second-order valence-corrected chi connectivity index (χ2v) is 6.09. The van der Waals surface area contributed by atoms with Crippen molar-refractivity contribution >= 4 is 16.9 Å². The number of aromatic amines is 1. The molecule has 5 heteroatoms. The zero-order chi connectivity index (χ0) is 15.5. The lowest BCUT2D eigenvalue weighted by atomic mass is 9.91. The zero-order valence-corrected chi connectivity index (χ0v) is 12.2. The Bertz CT molecular complexity index is 927. The molecule has 2 N–H and O–H groups in total. The van der Waals surface area contributed by atoms with Crippen LogP contribution in [0.2, 0.25) is 0 Å². The van der Waals surface area contributed by atoms with Gasteiger partial charge in [-0.2, -0.15) is 0 Å². The van der Waals surface area contributed by atoms with Crippen molar-refractivity contribution in [2.75, 3.05) is 0 Å². The highest BCUT2D eigenvalue weighted by atomic mass is 19.1. The minimum absolute atomic E-state index is 0.0572. The molecule has 1 aromatic carbocycles. The van der Waals surface area contributed by atoms with Crippen LogP contribution >= 0.6 is 0 Å². The maximum atomic E-state index is 13.5. The number of pyridine rings is 1. The minimum atomic E-state index is -0.405. The summed E-state index contributed by atoms with van der Waals surface area (Å²) in [4.78, 5) is 19.1. The predicted octanol–water partition coefficient (Wildman–Crippen LogP) is 3.35. The number of aromatic nitrogens is 2. The molecular weight excluding hydrogens is 281 g/mol. The Hall–Kier alpha value is -2.69. The molecule has 0 aliphatic carbocycles. The van der Waals surface area contributed by atoms with Gasteiger partial charge in [0, 0.05) is 22.7 Å². The molecule has 1 aliphatic heterocycles. The molecule has 0 atom stereocenters. The molecule has 110 valence electrons. The molecule has 4 nitrogen and oxygen atoms in total. The molecule has 0 spiro atoms. The van der Waals surface area contributed by atoms with Gasteiger partial charge in [-0.05, 0) is 43.2 Å². The van der Waals surface area contributed by atoms with E-state index in [1.165, 1.54) is 12.3 Å². The Balaban J connectivity index is 1.94. The van der Waals surface area contributed by atoms with E-state index in [2.05, 4.69) is 15.3 Å². The van der Waals surface area contributed by atoms with Crippen LogP contribution in [0.3, 0.4) is 0 Å². The van der Waals surface area contributed by atoms with Gasteiger partial charge in [-0.25, -0.2) is 9.37 Å². The van der Waals surface area contributed by atoms with Crippen LogP contribution in [-0.4, -0.2) is 15.9 Å². The summed E-state index contributed by atoms with van der Waals surface area (Å²) < 4.78 is 13.5. The van der Waals surface area contributed by atoms with Gasteiger partial charge in [0.1, 0.15) is 11.5 Å². The number of halogens is 1. The van der Waals surface area contributed by atoms with Gasteiger partial charge < -0.3 is 10.3 Å². The first-order valence-electron chi connectivity index (χ1n) is 7.06. The molecule has 1 amide bonds. The maximum Gasteiger partial charge on any atom is 0.252 e. The summed E-state index contributed by atoms with van der Waals surface area (Å²) in [6.07, 6.45) is 3.01. The van der Waals surface area contributed by atoms with Crippen LogP contribution in [0.4, 0.5) is 4.39 Å². The Morgan fingerprint density at radius 3 is 2.82 bits per heavy atom. The number of rotatable bonds is 1. The molecule has 0 saturated heterocycles. The molecule has 1 aliphatic rings. The molecule has 0 saturated carbocycles. The fourth-order valence-corrected chi connectivity index (χ4v) is 3.06. The number of carbonyl (C=O) groups is 1. The van der Waals surface area contributed by atoms with E-state index in [-0.39, 0.29) is 11.7 Å². The van der Waals surface area contributed by atoms with Gasteiger partial charge in [0.15, 0.2) is 0 Å². The van der Waals surface area contributed by atoms with E-state index in [0.717, 1.165) is 22.1 Å². The van der Waals surface area contributed by atoms with Crippen LogP contribution in [0.5, 0.6) is 0 Å². The van der Waals surface area contributed by atoms with Crippen molar-refractivity contribution in [3.05, 3.63) is 53.6 Å². The fraction of sp³-hybridized carbons (Fsp3) is 0.176. The Morgan fingerprint density at radius 1 is 1.18 bits per heavy atom. The standard InChI is InChI=1S/C17H14FN3O/c1-17(2)14-5-9(3-4-11(14)16(22)21-17)13-8-20-15-12(13)6-10(18)7-19-15/h3-8H,1-2H3,(H,19,20)(H,21,22). The number of benzene rings is 1. The fourth-order valence-electron chi connectivity index (χ4n) is 3.06. The number of nitrogens with zero attached hydrogens (tertiary/aromatic N) is 1. The predicted molar refractivity (Wildman–Crippen MR) is 82.0 cm³/mol. The maximum absolute atomic E-state index is 13.5. The summed E-state index contributed by atoms with van der Waals surface area (Å²) in [6.45, 7) is 3.94. The topological polar surface area (TPSA) is 57.8 Å². The lowest BCUT2D eigenvalue weighted by molar-refractivity contribution is 0.0940. The lowest BCUT2D eigenvalue weighted by Gasteiger charge is -2.19. The van der Waals surface area contributed by atoms with E-state index in [0.29, 0.717) is 11.2 Å². The van der Waals surface area contributed by atoms with Crippen molar-refractivity contribution in [3.8, 4) is 11.1 Å². The molecule has 2 aromatic heterocycles. The van der Waals surface area contributed by atoms with Crippen molar-refractivity contribution in [2.24, 2.45) is 0 Å². The van der Waals surface area contributed by atoms with Crippen LogP contribution in [0.15, 0.2) is 36.7 Å². The van der Waals surface area contributed by atoms with Crippen molar-refractivity contribution in [3.63, 3.8) is 0 Å². The van der Waals surface area contributed by atoms with Gasteiger partial charge >= 0.3 is 0 Å². The number of nitrogens with one attached hydrogen (secondary N) is 2. The third-order valence-corrected chi connectivity index (χ3v) is 4.17. The van der Waals surface area contributed by atoms with Crippen LogP contribution in [0.1, 0.15) is 29.8 Å².